The molecule has 0 aromatic carbocycles. The van der Waals surface area contributed by atoms with Crippen molar-refractivity contribution >= 4 is 15.9 Å². The molecule has 1 unspecified atom stereocenters. The lowest BCUT2D eigenvalue weighted by atomic mass is 10.2. The maximum absolute atomic E-state index is 10.7. The summed E-state index contributed by atoms with van der Waals surface area (Å²) in [6, 6.07) is -0.309. The van der Waals surface area contributed by atoms with Crippen LogP contribution in [0.5, 0.6) is 0 Å². The van der Waals surface area contributed by atoms with Crippen LogP contribution in [0.3, 0.4) is 0 Å². The molecule has 7 heteroatoms. The maximum Gasteiger partial charge on any atom is 0.217 e. The molecule has 84 valence electrons. The van der Waals surface area contributed by atoms with Gasteiger partial charge < -0.3 is 10.1 Å². The summed E-state index contributed by atoms with van der Waals surface area (Å²) in [5.74, 6) is -0.386. The average Bonchev–Trinajstić information content (AvgIpc) is 1.98. The molecule has 0 aromatic heterocycles. The third-order valence-electron chi connectivity index (χ3n) is 1.53. The number of primary sulfonamides is 1. The molecule has 0 aromatic rings. The molecule has 0 aliphatic carbocycles. The number of ether oxygens (including phenoxy) is 1. The van der Waals surface area contributed by atoms with Crippen LogP contribution in [0, 0.1) is 0 Å². The van der Waals surface area contributed by atoms with Gasteiger partial charge in [-0.3, -0.25) is 4.79 Å². The molecule has 1 atom stereocenters. The first-order valence-corrected chi connectivity index (χ1v) is 5.83. The molecule has 0 aliphatic heterocycles. The summed E-state index contributed by atoms with van der Waals surface area (Å²) in [6.45, 7) is 1.63. The van der Waals surface area contributed by atoms with E-state index in [9.17, 15) is 13.2 Å². The van der Waals surface area contributed by atoms with E-state index in [1.807, 2.05) is 0 Å². The summed E-state index contributed by atoms with van der Waals surface area (Å²) in [4.78, 5) is 10.7. The van der Waals surface area contributed by atoms with Crippen LogP contribution in [0.1, 0.15) is 13.3 Å². The number of nitrogens with two attached hydrogens (primary N) is 1. The molecule has 0 saturated carbocycles. The fourth-order valence-electron chi connectivity index (χ4n) is 0.992. The highest BCUT2D eigenvalue weighted by Crippen LogP contribution is 1.95. The lowest BCUT2D eigenvalue weighted by Gasteiger charge is -2.15. The lowest BCUT2D eigenvalue weighted by Crippen LogP contribution is -2.38. The SMILES string of the molecule is COCC(CCS(N)(=O)=O)NC(C)=O. The molecule has 0 rings (SSSR count). The van der Waals surface area contributed by atoms with Gasteiger partial charge in [0, 0.05) is 14.0 Å². The summed E-state index contributed by atoms with van der Waals surface area (Å²) in [5, 5.41) is 7.40. The van der Waals surface area contributed by atoms with Crippen molar-refractivity contribution in [2.24, 2.45) is 5.14 Å². The summed E-state index contributed by atoms with van der Waals surface area (Å²) in [5.41, 5.74) is 0. The zero-order valence-electron chi connectivity index (χ0n) is 8.32. The number of rotatable bonds is 6. The van der Waals surface area contributed by atoms with Crippen LogP contribution in [-0.2, 0) is 19.6 Å². The van der Waals surface area contributed by atoms with E-state index < -0.39 is 10.0 Å². The van der Waals surface area contributed by atoms with E-state index in [1.165, 1.54) is 14.0 Å². The van der Waals surface area contributed by atoms with Crippen LogP contribution in [0.4, 0.5) is 0 Å². The van der Waals surface area contributed by atoms with E-state index in [2.05, 4.69) is 5.32 Å². The third-order valence-corrected chi connectivity index (χ3v) is 2.33. The largest absolute Gasteiger partial charge is 0.383 e. The zero-order chi connectivity index (χ0) is 11.2. The summed E-state index contributed by atoms with van der Waals surface area (Å²) in [6.07, 6.45) is 0.256. The van der Waals surface area contributed by atoms with Crippen molar-refractivity contribution in [1.29, 1.82) is 0 Å². The Morgan fingerprint density at radius 1 is 1.57 bits per heavy atom. The number of amides is 1. The number of carbonyl (C=O) groups is 1. The quantitative estimate of drug-likeness (QED) is 0.593. The molecular formula is C7H16N2O4S. The molecule has 0 spiro atoms. The first-order chi connectivity index (χ1) is 6.35. The Hall–Kier alpha value is -0.660. The number of nitrogens with one attached hydrogen (secondary N) is 1. The monoisotopic (exact) mass is 224 g/mol. The van der Waals surface area contributed by atoms with Gasteiger partial charge in [0.05, 0.1) is 18.4 Å². The average molecular weight is 224 g/mol. The Morgan fingerprint density at radius 2 is 2.14 bits per heavy atom. The van der Waals surface area contributed by atoms with Crippen LogP contribution in [0.15, 0.2) is 0 Å². The van der Waals surface area contributed by atoms with Crippen LogP contribution in [0.25, 0.3) is 0 Å². The van der Waals surface area contributed by atoms with Crippen LogP contribution in [0.2, 0.25) is 0 Å². The maximum atomic E-state index is 10.7. The van der Waals surface area contributed by atoms with Gasteiger partial charge in [-0.1, -0.05) is 0 Å². The Labute approximate surface area is 83.9 Å². The number of hydrogen-bond donors (Lipinski definition) is 2. The first-order valence-electron chi connectivity index (χ1n) is 4.11. The van der Waals surface area contributed by atoms with Crippen LogP contribution >= 0.6 is 0 Å². The second kappa shape index (κ2) is 5.94. The minimum Gasteiger partial charge on any atom is -0.383 e. The van der Waals surface area contributed by atoms with Crippen LogP contribution in [-0.4, -0.2) is 39.8 Å². The molecule has 0 aliphatic rings. The minimum absolute atomic E-state index is 0.165. The van der Waals surface area contributed by atoms with Gasteiger partial charge in [-0.2, -0.15) is 0 Å². The molecule has 6 nitrogen and oxygen atoms in total. The van der Waals surface area contributed by atoms with Gasteiger partial charge in [0.1, 0.15) is 0 Å². The van der Waals surface area contributed by atoms with E-state index in [1.54, 1.807) is 0 Å². The van der Waals surface area contributed by atoms with Gasteiger partial charge >= 0.3 is 0 Å². The smallest absolute Gasteiger partial charge is 0.217 e. The van der Waals surface area contributed by atoms with E-state index in [-0.39, 0.29) is 30.7 Å². The highest BCUT2D eigenvalue weighted by Gasteiger charge is 2.13. The first kappa shape index (κ1) is 13.3. The second-order valence-corrected chi connectivity index (χ2v) is 4.74. The van der Waals surface area contributed by atoms with Crippen LogP contribution < -0.4 is 10.5 Å². The summed E-state index contributed by atoms with van der Waals surface area (Å²) >= 11 is 0. The molecule has 0 saturated heterocycles. The minimum atomic E-state index is -3.48. The molecule has 0 radical (unpaired) electrons. The van der Waals surface area contributed by atoms with E-state index in [4.69, 9.17) is 9.88 Å². The Kier molecular flexibility index (Phi) is 5.66. The molecular weight excluding hydrogens is 208 g/mol. The fraction of sp³-hybridized carbons (Fsp3) is 0.857. The predicted octanol–water partition coefficient (Wildman–Crippen LogP) is -1.18. The summed E-state index contributed by atoms with van der Waals surface area (Å²) in [7, 11) is -2.00. The summed E-state index contributed by atoms with van der Waals surface area (Å²) < 4.78 is 26.1. The molecule has 14 heavy (non-hydrogen) atoms. The molecule has 0 heterocycles. The number of hydrogen-bond acceptors (Lipinski definition) is 4. The van der Waals surface area contributed by atoms with Crippen molar-refractivity contribution in [1.82, 2.24) is 5.32 Å². The predicted molar refractivity (Wildman–Crippen MR) is 52.1 cm³/mol. The van der Waals surface area contributed by atoms with Crippen molar-refractivity contribution in [3.63, 3.8) is 0 Å². The van der Waals surface area contributed by atoms with Gasteiger partial charge in [0.2, 0.25) is 15.9 Å². The normalized spacial score (nSPS) is 13.6. The zero-order valence-corrected chi connectivity index (χ0v) is 9.13. The van der Waals surface area contributed by atoms with E-state index in [0.717, 1.165) is 0 Å². The van der Waals surface area contributed by atoms with Crippen molar-refractivity contribution in [3.05, 3.63) is 0 Å². The highest BCUT2D eigenvalue weighted by molar-refractivity contribution is 7.89. The second-order valence-electron chi connectivity index (χ2n) is 3.01. The Balaban J connectivity index is 4.03. The topological polar surface area (TPSA) is 98.5 Å². The Bertz CT molecular complexity index is 275. The number of sulfonamides is 1. The van der Waals surface area contributed by atoms with Gasteiger partial charge in [-0.05, 0) is 6.42 Å². The van der Waals surface area contributed by atoms with E-state index in [0.29, 0.717) is 0 Å². The van der Waals surface area contributed by atoms with Crippen molar-refractivity contribution < 1.29 is 17.9 Å². The van der Waals surface area contributed by atoms with Crippen molar-refractivity contribution in [2.45, 2.75) is 19.4 Å². The lowest BCUT2D eigenvalue weighted by molar-refractivity contribution is -0.120. The van der Waals surface area contributed by atoms with Gasteiger partial charge in [-0.15, -0.1) is 0 Å². The van der Waals surface area contributed by atoms with E-state index >= 15 is 0 Å². The highest BCUT2D eigenvalue weighted by atomic mass is 32.2. The third kappa shape index (κ3) is 7.96. The fourth-order valence-corrected chi connectivity index (χ4v) is 1.61. The molecule has 1 amide bonds. The van der Waals surface area contributed by atoms with Gasteiger partial charge in [0.25, 0.3) is 0 Å². The number of carbonyl (C=O) groups excluding carboxylic acids is 1. The van der Waals surface area contributed by atoms with Crippen molar-refractivity contribution in [2.75, 3.05) is 19.5 Å². The molecule has 0 fully saturated rings. The standard InChI is InChI=1S/C7H16N2O4S/c1-6(10)9-7(5-13-2)3-4-14(8,11)12/h7H,3-5H2,1-2H3,(H,9,10)(H2,8,11,12). The van der Waals surface area contributed by atoms with Gasteiger partial charge in [0.15, 0.2) is 0 Å². The number of methoxy groups -OCH3 is 1. The van der Waals surface area contributed by atoms with Gasteiger partial charge in [-0.25, -0.2) is 13.6 Å². The van der Waals surface area contributed by atoms with Crippen molar-refractivity contribution in [3.8, 4) is 0 Å². The Morgan fingerprint density at radius 3 is 2.50 bits per heavy atom. The molecule has 3 N–H and O–H groups in total. The molecule has 0 bridgehead atoms.